The summed E-state index contributed by atoms with van der Waals surface area (Å²) in [7, 11) is 1.60. The van der Waals surface area contributed by atoms with Gasteiger partial charge in [-0.1, -0.05) is 12.1 Å². The average molecular weight is 455 g/mol. The van der Waals surface area contributed by atoms with Crippen LogP contribution in [0.15, 0.2) is 50.0 Å². The van der Waals surface area contributed by atoms with Gasteiger partial charge < -0.3 is 19.6 Å². The molecule has 0 spiro atoms. The highest BCUT2D eigenvalue weighted by atomic mass is 79.9. The van der Waals surface area contributed by atoms with E-state index in [1.807, 2.05) is 24.3 Å². The third kappa shape index (κ3) is 3.14. The Morgan fingerprint density at radius 2 is 2.00 bits per heavy atom. The number of ether oxygens (including phenoxy) is 1. The van der Waals surface area contributed by atoms with Crippen molar-refractivity contribution in [1.29, 1.82) is 0 Å². The Bertz CT molecular complexity index is 903. The van der Waals surface area contributed by atoms with Gasteiger partial charge in [0.25, 0.3) is 5.91 Å². The van der Waals surface area contributed by atoms with Gasteiger partial charge in [-0.25, -0.2) is 0 Å². The smallest absolute Gasteiger partial charge is 0.255 e. The molecule has 0 aliphatic carbocycles. The Hall–Kier alpha value is -1.99. The summed E-state index contributed by atoms with van der Waals surface area (Å²) >= 11 is 6.54. The molecule has 0 aliphatic rings. The first-order valence-electron chi connectivity index (χ1n) is 7.00. The van der Waals surface area contributed by atoms with Gasteiger partial charge in [-0.15, -0.1) is 0 Å². The number of nitrogens with one attached hydrogen (secondary N) is 1. The summed E-state index contributed by atoms with van der Waals surface area (Å²) in [6.07, 6.45) is 1.38. The highest BCUT2D eigenvalue weighted by Crippen LogP contribution is 2.40. The van der Waals surface area contributed by atoms with Crippen LogP contribution in [-0.2, 0) is 6.54 Å². The van der Waals surface area contributed by atoms with Crippen LogP contribution in [0.25, 0.3) is 11.0 Å². The fraction of sp³-hybridized carbons (Fsp3) is 0.118. The fourth-order valence-electron chi connectivity index (χ4n) is 2.30. The highest BCUT2D eigenvalue weighted by Gasteiger charge is 2.20. The summed E-state index contributed by atoms with van der Waals surface area (Å²) in [6.45, 7) is 0.371. The minimum absolute atomic E-state index is 0.0214. The van der Waals surface area contributed by atoms with E-state index in [1.165, 1.54) is 6.26 Å². The van der Waals surface area contributed by atoms with Gasteiger partial charge in [0.2, 0.25) is 0 Å². The summed E-state index contributed by atoms with van der Waals surface area (Å²) in [6, 6.07) is 9.05. The topological polar surface area (TPSA) is 71.7 Å². The van der Waals surface area contributed by atoms with Crippen LogP contribution >= 0.6 is 31.9 Å². The van der Waals surface area contributed by atoms with Crippen molar-refractivity contribution in [2.45, 2.75) is 6.54 Å². The lowest BCUT2D eigenvalue weighted by atomic mass is 10.1. The molecule has 0 fully saturated rings. The second-order valence-electron chi connectivity index (χ2n) is 5.07. The second-order valence-corrected chi connectivity index (χ2v) is 6.72. The van der Waals surface area contributed by atoms with Crippen LogP contribution in [0.5, 0.6) is 11.5 Å². The van der Waals surface area contributed by atoms with Crippen LogP contribution in [0, 0.1) is 0 Å². The van der Waals surface area contributed by atoms with Gasteiger partial charge in [0.05, 0.1) is 27.0 Å². The van der Waals surface area contributed by atoms with Crippen LogP contribution in [0.4, 0.5) is 0 Å². The van der Waals surface area contributed by atoms with Crippen molar-refractivity contribution in [3.8, 4) is 11.5 Å². The third-order valence-electron chi connectivity index (χ3n) is 3.59. The summed E-state index contributed by atoms with van der Waals surface area (Å²) in [5.74, 6) is 0.496. The van der Waals surface area contributed by atoms with Crippen molar-refractivity contribution in [2.75, 3.05) is 7.11 Å². The SMILES string of the molecule is COc1ccc(CNC(=O)c2coc3cc(Br)c(O)c(Br)c23)cc1. The van der Waals surface area contributed by atoms with Crippen LogP contribution in [0.3, 0.4) is 0 Å². The Balaban J connectivity index is 1.82. The largest absolute Gasteiger partial charge is 0.506 e. The number of aromatic hydroxyl groups is 1. The predicted molar refractivity (Wildman–Crippen MR) is 97.4 cm³/mol. The van der Waals surface area contributed by atoms with E-state index in [-0.39, 0.29) is 11.7 Å². The zero-order valence-electron chi connectivity index (χ0n) is 12.6. The van der Waals surface area contributed by atoms with E-state index in [9.17, 15) is 9.90 Å². The maximum Gasteiger partial charge on any atom is 0.255 e. The number of furan rings is 1. The molecule has 0 atom stereocenters. The summed E-state index contributed by atoms with van der Waals surface area (Å²) < 4.78 is 11.4. The van der Waals surface area contributed by atoms with E-state index in [4.69, 9.17) is 9.15 Å². The van der Waals surface area contributed by atoms with Crippen molar-refractivity contribution >= 4 is 48.7 Å². The van der Waals surface area contributed by atoms with Gasteiger partial charge in [-0.05, 0) is 55.6 Å². The maximum atomic E-state index is 12.5. The molecule has 0 saturated heterocycles. The number of phenols is 1. The number of benzene rings is 2. The summed E-state index contributed by atoms with van der Waals surface area (Å²) in [5, 5.41) is 13.4. The Labute approximate surface area is 154 Å². The predicted octanol–water partition coefficient (Wildman–Crippen LogP) is 4.60. The van der Waals surface area contributed by atoms with Gasteiger partial charge in [-0.3, -0.25) is 4.79 Å². The van der Waals surface area contributed by atoms with E-state index < -0.39 is 0 Å². The highest BCUT2D eigenvalue weighted by molar-refractivity contribution is 9.11. The van der Waals surface area contributed by atoms with Crippen molar-refractivity contribution < 1.29 is 19.1 Å². The molecule has 5 nitrogen and oxygen atoms in total. The molecule has 2 aromatic carbocycles. The van der Waals surface area contributed by atoms with Crippen molar-refractivity contribution in [3.63, 3.8) is 0 Å². The number of rotatable bonds is 4. The van der Waals surface area contributed by atoms with Gasteiger partial charge in [-0.2, -0.15) is 0 Å². The summed E-state index contributed by atoms with van der Waals surface area (Å²) in [5.41, 5.74) is 1.80. The molecule has 3 rings (SSSR count). The van der Waals surface area contributed by atoms with Gasteiger partial charge >= 0.3 is 0 Å². The number of carbonyl (C=O) groups excluding carboxylic acids is 1. The monoisotopic (exact) mass is 453 g/mol. The molecule has 1 aromatic heterocycles. The number of amides is 1. The molecule has 24 heavy (non-hydrogen) atoms. The number of hydrogen-bond donors (Lipinski definition) is 2. The van der Waals surface area contributed by atoms with E-state index in [0.717, 1.165) is 11.3 Å². The van der Waals surface area contributed by atoms with Crippen LogP contribution in [0.1, 0.15) is 15.9 Å². The molecular weight excluding hydrogens is 442 g/mol. The van der Waals surface area contributed by atoms with Crippen molar-refractivity contribution in [1.82, 2.24) is 5.32 Å². The molecule has 1 amide bonds. The third-order valence-corrected chi connectivity index (χ3v) is 4.96. The van der Waals surface area contributed by atoms with E-state index >= 15 is 0 Å². The quantitative estimate of drug-likeness (QED) is 0.604. The molecule has 0 bridgehead atoms. The van der Waals surface area contributed by atoms with Crippen molar-refractivity contribution in [3.05, 3.63) is 56.7 Å². The molecule has 0 unspecified atom stereocenters. The van der Waals surface area contributed by atoms with Gasteiger partial charge in [0.15, 0.2) is 0 Å². The summed E-state index contributed by atoms with van der Waals surface area (Å²) in [4.78, 5) is 12.5. The number of carbonyl (C=O) groups is 1. The second kappa shape index (κ2) is 6.86. The molecule has 3 aromatic rings. The van der Waals surface area contributed by atoms with Gasteiger partial charge in [0.1, 0.15) is 23.3 Å². The first-order chi connectivity index (χ1) is 11.5. The average Bonchev–Trinajstić information content (AvgIpc) is 3.02. The Morgan fingerprint density at radius 3 is 2.67 bits per heavy atom. The number of hydrogen-bond acceptors (Lipinski definition) is 4. The van der Waals surface area contributed by atoms with E-state index in [1.54, 1.807) is 13.2 Å². The normalized spacial score (nSPS) is 10.8. The van der Waals surface area contributed by atoms with E-state index in [2.05, 4.69) is 37.2 Å². The molecule has 0 saturated carbocycles. The van der Waals surface area contributed by atoms with Crippen molar-refractivity contribution in [2.24, 2.45) is 0 Å². The number of fused-ring (bicyclic) bond motifs is 1. The zero-order chi connectivity index (χ0) is 17.3. The lowest BCUT2D eigenvalue weighted by Crippen LogP contribution is -2.22. The minimum atomic E-state index is -0.285. The van der Waals surface area contributed by atoms with Crippen LogP contribution in [-0.4, -0.2) is 18.1 Å². The molecule has 0 radical (unpaired) electrons. The van der Waals surface area contributed by atoms with Gasteiger partial charge in [0, 0.05) is 6.54 Å². The fourth-order valence-corrected chi connectivity index (χ4v) is 3.60. The maximum absolute atomic E-state index is 12.5. The van der Waals surface area contributed by atoms with E-state index in [0.29, 0.717) is 32.0 Å². The zero-order valence-corrected chi connectivity index (χ0v) is 15.8. The number of halogens is 2. The molecule has 124 valence electrons. The lowest BCUT2D eigenvalue weighted by Gasteiger charge is -2.07. The lowest BCUT2D eigenvalue weighted by molar-refractivity contribution is 0.0951. The number of methoxy groups -OCH3 is 1. The molecule has 1 heterocycles. The molecule has 0 aliphatic heterocycles. The molecular formula is C17H13Br2NO4. The Kier molecular flexibility index (Phi) is 4.82. The van der Waals surface area contributed by atoms with Crippen LogP contribution < -0.4 is 10.1 Å². The first kappa shape index (κ1) is 16.9. The first-order valence-corrected chi connectivity index (χ1v) is 8.59. The Morgan fingerprint density at radius 1 is 1.29 bits per heavy atom. The standard InChI is InChI=1S/C17H13Br2NO4/c1-23-10-4-2-9(3-5-10)7-20-17(22)11-8-24-13-6-12(18)16(21)15(19)14(11)13/h2-6,8,21H,7H2,1H3,(H,20,22). The minimum Gasteiger partial charge on any atom is -0.506 e. The molecule has 7 heteroatoms. The van der Waals surface area contributed by atoms with Crippen LogP contribution in [0.2, 0.25) is 0 Å². The number of phenolic OH excluding ortho intramolecular Hbond substituents is 1. The molecule has 2 N–H and O–H groups in total.